The minimum absolute atomic E-state index is 0.112. The van der Waals surface area contributed by atoms with Crippen LogP contribution in [0.1, 0.15) is 67.6 Å². The highest BCUT2D eigenvalue weighted by Gasteiger charge is 2.68. The van der Waals surface area contributed by atoms with Crippen LogP contribution in [-0.2, 0) is 20.5 Å². The van der Waals surface area contributed by atoms with E-state index in [1.807, 2.05) is 0 Å². The van der Waals surface area contributed by atoms with Crippen molar-refractivity contribution in [3.05, 3.63) is 107 Å². The number of carbonyl (C=O) groups is 2. The Hall–Kier alpha value is -3.56. The third-order valence-electron chi connectivity index (χ3n) is 10.0. The zero-order chi connectivity index (χ0) is 30.4. The van der Waals surface area contributed by atoms with Crippen LogP contribution in [0.3, 0.4) is 0 Å². The van der Waals surface area contributed by atoms with Crippen molar-refractivity contribution < 1.29 is 27.7 Å². The molecule has 1 saturated heterocycles. The van der Waals surface area contributed by atoms with E-state index in [0.717, 1.165) is 12.8 Å². The maximum absolute atomic E-state index is 14.8. The zero-order valence-electron chi connectivity index (χ0n) is 24.7. The standard InChI is InChI=1S/C34H37BF2N2O4/c1-33(2)24-18-28(33)34(3)29(19-24)42-35(43-34)30(17-22-12-7-8-15-26(22)37)39-31(40)20-27(23-13-9-14-25(36)16-23)38-32(41)21-10-5-4-6-11-21/h4-16,24,27-30H,17-20H2,1-3H3,(H,38,41)(H,39,40)/t24-,27?,28-,29+,30-,34-/m0/s1. The first-order valence-corrected chi connectivity index (χ1v) is 15.0. The van der Waals surface area contributed by atoms with Crippen molar-refractivity contribution in [2.45, 2.75) is 70.1 Å². The van der Waals surface area contributed by atoms with Gasteiger partial charge in [-0.2, -0.15) is 0 Å². The van der Waals surface area contributed by atoms with Gasteiger partial charge in [-0.05, 0) is 84.9 Å². The molecule has 3 aliphatic carbocycles. The van der Waals surface area contributed by atoms with Gasteiger partial charge in [0.15, 0.2) is 0 Å². The molecule has 1 aliphatic heterocycles. The molecule has 3 aromatic rings. The van der Waals surface area contributed by atoms with Crippen molar-refractivity contribution >= 4 is 18.9 Å². The summed E-state index contributed by atoms with van der Waals surface area (Å²) in [5, 5.41) is 5.93. The van der Waals surface area contributed by atoms with Gasteiger partial charge in [0.2, 0.25) is 5.91 Å². The summed E-state index contributed by atoms with van der Waals surface area (Å²) in [4.78, 5) is 26.7. The molecule has 1 unspecified atom stereocenters. The zero-order valence-corrected chi connectivity index (χ0v) is 24.7. The van der Waals surface area contributed by atoms with Gasteiger partial charge in [0.1, 0.15) is 11.6 Å². The third kappa shape index (κ3) is 5.72. The van der Waals surface area contributed by atoms with Gasteiger partial charge in [-0.1, -0.05) is 62.4 Å². The molecule has 1 heterocycles. The highest BCUT2D eigenvalue weighted by Crippen LogP contribution is 2.65. The first-order valence-electron chi connectivity index (χ1n) is 15.0. The lowest BCUT2D eigenvalue weighted by molar-refractivity contribution is -0.199. The highest BCUT2D eigenvalue weighted by atomic mass is 19.1. The molecular weight excluding hydrogens is 549 g/mol. The van der Waals surface area contributed by atoms with Gasteiger partial charge in [-0.3, -0.25) is 9.59 Å². The second-order valence-electron chi connectivity index (χ2n) is 13.0. The average molecular weight is 586 g/mol. The van der Waals surface area contributed by atoms with Crippen LogP contribution in [0, 0.1) is 28.9 Å². The maximum Gasteiger partial charge on any atom is 0.482 e. The number of hydrogen-bond acceptors (Lipinski definition) is 4. The Balaban J connectivity index is 1.23. The van der Waals surface area contributed by atoms with Crippen LogP contribution in [0.2, 0.25) is 0 Å². The lowest BCUT2D eigenvalue weighted by Gasteiger charge is -2.64. The maximum atomic E-state index is 14.8. The van der Waals surface area contributed by atoms with Gasteiger partial charge in [0, 0.05) is 5.56 Å². The number of benzene rings is 3. The molecule has 4 fully saturated rings. The minimum Gasteiger partial charge on any atom is -0.404 e. The van der Waals surface area contributed by atoms with E-state index in [9.17, 15) is 18.4 Å². The van der Waals surface area contributed by atoms with Crippen LogP contribution in [0.25, 0.3) is 0 Å². The number of halogens is 2. The van der Waals surface area contributed by atoms with E-state index < -0.39 is 36.4 Å². The topological polar surface area (TPSA) is 76.7 Å². The Morgan fingerprint density at radius 2 is 1.70 bits per heavy atom. The fourth-order valence-corrected chi connectivity index (χ4v) is 7.45. The van der Waals surface area contributed by atoms with E-state index in [4.69, 9.17) is 9.31 Å². The molecule has 6 nitrogen and oxygen atoms in total. The summed E-state index contributed by atoms with van der Waals surface area (Å²) in [7, 11) is -0.778. The number of carbonyl (C=O) groups excluding carboxylic acids is 2. The summed E-state index contributed by atoms with van der Waals surface area (Å²) < 4.78 is 42.2. The second-order valence-corrected chi connectivity index (χ2v) is 13.0. The Bertz CT molecular complexity index is 1500. The van der Waals surface area contributed by atoms with Gasteiger partial charge in [-0.25, -0.2) is 8.78 Å². The van der Waals surface area contributed by atoms with E-state index in [0.29, 0.717) is 28.5 Å². The summed E-state index contributed by atoms with van der Waals surface area (Å²) >= 11 is 0. The van der Waals surface area contributed by atoms with E-state index >= 15 is 0 Å². The molecule has 2 N–H and O–H groups in total. The van der Waals surface area contributed by atoms with Gasteiger partial charge < -0.3 is 19.9 Å². The highest BCUT2D eigenvalue weighted by molar-refractivity contribution is 6.48. The summed E-state index contributed by atoms with van der Waals surface area (Å²) in [5.41, 5.74) is 0.951. The summed E-state index contributed by atoms with van der Waals surface area (Å²) in [6.45, 7) is 6.65. The first kappa shape index (κ1) is 29.5. The SMILES string of the molecule is CC1(C)[C@@H]2C[C@H]3OB([C@H](Cc4ccccc4F)NC(=O)CC(NC(=O)c4ccccc4)c4cccc(F)c4)O[C@@]3(C)[C@H]1C2. The molecule has 0 spiro atoms. The molecule has 224 valence electrons. The number of nitrogens with one attached hydrogen (secondary N) is 2. The van der Waals surface area contributed by atoms with Crippen LogP contribution in [-0.4, -0.2) is 36.6 Å². The van der Waals surface area contributed by atoms with Crippen LogP contribution in [0.15, 0.2) is 78.9 Å². The fraction of sp³-hybridized carbons (Fsp3) is 0.412. The lowest BCUT2D eigenvalue weighted by atomic mass is 9.43. The lowest BCUT2D eigenvalue weighted by Crippen LogP contribution is -2.65. The van der Waals surface area contributed by atoms with Crippen LogP contribution < -0.4 is 10.6 Å². The van der Waals surface area contributed by atoms with Crippen molar-refractivity contribution in [2.75, 3.05) is 0 Å². The van der Waals surface area contributed by atoms with Crippen molar-refractivity contribution in [3.8, 4) is 0 Å². The van der Waals surface area contributed by atoms with Crippen molar-refractivity contribution in [2.24, 2.45) is 17.3 Å². The largest absolute Gasteiger partial charge is 0.482 e. The van der Waals surface area contributed by atoms with Crippen LogP contribution in [0.4, 0.5) is 8.78 Å². The molecule has 43 heavy (non-hydrogen) atoms. The van der Waals surface area contributed by atoms with E-state index in [1.165, 1.54) is 18.2 Å². The van der Waals surface area contributed by atoms with Crippen molar-refractivity contribution in [1.29, 1.82) is 0 Å². The minimum atomic E-state index is -0.809. The van der Waals surface area contributed by atoms with Gasteiger partial charge in [-0.15, -0.1) is 0 Å². The van der Waals surface area contributed by atoms with Gasteiger partial charge in [0.25, 0.3) is 5.91 Å². The summed E-state index contributed by atoms with van der Waals surface area (Å²) in [6, 6.07) is 20.1. The predicted molar refractivity (Wildman–Crippen MR) is 160 cm³/mol. The predicted octanol–water partition coefficient (Wildman–Crippen LogP) is 5.82. The van der Waals surface area contributed by atoms with E-state index in [2.05, 4.69) is 31.4 Å². The normalized spacial score (nSPS) is 26.5. The van der Waals surface area contributed by atoms with E-state index in [-0.39, 0.29) is 36.1 Å². The second kappa shape index (κ2) is 11.5. The Morgan fingerprint density at radius 1 is 0.953 bits per heavy atom. The molecule has 6 atom stereocenters. The monoisotopic (exact) mass is 586 g/mol. The van der Waals surface area contributed by atoms with Crippen LogP contribution >= 0.6 is 0 Å². The fourth-order valence-electron chi connectivity index (χ4n) is 7.45. The Kier molecular flexibility index (Phi) is 7.90. The molecule has 2 bridgehead atoms. The summed E-state index contributed by atoms with van der Waals surface area (Å²) in [6.07, 6.45) is 1.84. The first-order chi connectivity index (χ1) is 20.5. The van der Waals surface area contributed by atoms with Gasteiger partial charge in [0.05, 0.1) is 30.1 Å². The van der Waals surface area contributed by atoms with Crippen molar-refractivity contribution in [1.82, 2.24) is 10.6 Å². The molecule has 3 saturated carbocycles. The molecule has 9 heteroatoms. The average Bonchev–Trinajstić information content (AvgIpc) is 3.35. The Labute approximate surface area is 251 Å². The molecule has 2 amide bonds. The van der Waals surface area contributed by atoms with E-state index in [1.54, 1.807) is 60.7 Å². The third-order valence-corrected chi connectivity index (χ3v) is 10.0. The van der Waals surface area contributed by atoms with Crippen LogP contribution in [0.5, 0.6) is 0 Å². The number of amides is 2. The molecule has 7 rings (SSSR count). The summed E-state index contributed by atoms with van der Waals surface area (Å²) in [5.74, 6) is -1.45. The molecular formula is C34H37BF2N2O4. The van der Waals surface area contributed by atoms with Gasteiger partial charge >= 0.3 is 7.12 Å². The number of hydrogen-bond donors (Lipinski definition) is 2. The molecule has 0 aromatic heterocycles. The Morgan fingerprint density at radius 3 is 2.42 bits per heavy atom. The molecule has 4 aliphatic rings. The van der Waals surface area contributed by atoms with Crippen molar-refractivity contribution in [3.63, 3.8) is 0 Å². The smallest absolute Gasteiger partial charge is 0.404 e. The number of rotatable bonds is 9. The molecule has 3 aromatic carbocycles. The quantitative estimate of drug-likeness (QED) is 0.310. The molecule has 0 radical (unpaired) electrons.